The van der Waals surface area contributed by atoms with E-state index in [1.54, 1.807) is 17.0 Å². The summed E-state index contributed by atoms with van der Waals surface area (Å²) in [5, 5.41) is 3.26. The van der Waals surface area contributed by atoms with Gasteiger partial charge in [0.1, 0.15) is 17.1 Å². The van der Waals surface area contributed by atoms with Crippen LogP contribution >= 0.6 is 0 Å². The first-order chi connectivity index (χ1) is 16.8. The number of nitrogens with zero attached hydrogens (tertiary/aromatic N) is 2. The van der Waals surface area contributed by atoms with Crippen LogP contribution in [0.15, 0.2) is 66.7 Å². The molecule has 0 unspecified atom stereocenters. The van der Waals surface area contributed by atoms with E-state index in [0.29, 0.717) is 23.7 Å². The van der Waals surface area contributed by atoms with Crippen LogP contribution in [0, 0.1) is 11.7 Å². The normalized spacial score (nSPS) is 24.2. The van der Waals surface area contributed by atoms with Gasteiger partial charge in [0.05, 0.1) is 6.54 Å². The van der Waals surface area contributed by atoms with E-state index >= 15 is 0 Å². The number of benzene rings is 2. The average Bonchev–Trinajstić information content (AvgIpc) is 3.27. The van der Waals surface area contributed by atoms with Crippen LogP contribution in [0.1, 0.15) is 55.6 Å². The van der Waals surface area contributed by atoms with Crippen molar-refractivity contribution in [3.8, 4) is 11.3 Å². The van der Waals surface area contributed by atoms with Crippen LogP contribution in [0.4, 0.5) is 4.39 Å². The fourth-order valence-electron chi connectivity index (χ4n) is 5.45. The Balaban J connectivity index is 1.52. The van der Waals surface area contributed by atoms with E-state index in [2.05, 4.69) is 12.2 Å². The van der Waals surface area contributed by atoms with E-state index in [4.69, 9.17) is 0 Å². The SMILES string of the molecule is CC1CCC(NC(=O)[C@@]2(C)Cn3c(ccc3-c3ccccc3)C(=O)N2Cc2cccc(F)c2)CC1. The molecule has 0 spiro atoms. The van der Waals surface area contributed by atoms with Crippen LogP contribution in [0.25, 0.3) is 11.3 Å². The number of aromatic nitrogens is 1. The molecule has 1 atom stereocenters. The molecular weight excluding hydrogens is 441 g/mol. The minimum atomic E-state index is -1.12. The number of rotatable bonds is 5. The molecule has 0 saturated heterocycles. The van der Waals surface area contributed by atoms with Crippen LogP contribution in [-0.4, -0.2) is 32.9 Å². The smallest absolute Gasteiger partial charge is 0.271 e. The van der Waals surface area contributed by atoms with Gasteiger partial charge in [-0.25, -0.2) is 4.39 Å². The molecule has 2 heterocycles. The minimum Gasteiger partial charge on any atom is -0.351 e. The number of hydrogen-bond acceptors (Lipinski definition) is 2. The fraction of sp³-hybridized carbons (Fsp3) is 0.379. The third kappa shape index (κ3) is 4.49. The Morgan fingerprint density at radius 1 is 1.00 bits per heavy atom. The van der Waals surface area contributed by atoms with Crippen molar-refractivity contribution in [3.05, 3.63) is 83.8 Å². The van der Waals surface area contributed by atoms with Crippen molar-refractivity contribution in [2.75, 3.05) is 0 Å². The molecule has 35 heavy (non-hydrogen) atoms. The number of halogens is 1. The summed E-state index contributed by atoms with van der Waals surface area (Å²) >= 11 is 0. The zero-order valence-electron chi connectivity index (χ0n) is 20.3. The number of hydrogen-bond donors (Lipinski definition) is 1. The zero-order chi connectivity index (χ0) is 24.6. The first-order valence-electron chi connectivity index (χ1n) is 12.5. The van der Waals surface area contributed by atoms with E-state index in [9.17, 15) is 14.0 Å². The summed E-state index contributed by atoms with van der Waals surface area (Å²) in [6.07, 6.45) is 4.08. The van der Waals surface area contributed by atoms with E-state index in [1.807, 2.05) is 54.0 Å². The third-order valence-corrected chi connectivity index (χ3v) is 7.65. The first-order valence-corrected chi connectivity index (χ1v) is 12.5. The van der Waals surface area contributed by atoms with E-state index in [0.717, 1.165) is 36.9 Å². The van der Waals surface area contributed by atoms with Crippen LogP contribution in [0.5, 0.6) is 0 Å². The topological polar surface area (TPSA) is 54.3 Å². The molecule has 2 amide bonds. The van der Waals surface area contributed by atoms with Crippen molar-refractivity contribution in [2.24, 2.45) is 5.92 Å². The van der Waals surface area contributed by atoms with Gasteiger partial charge in [-0.05, 0) is 73.9 Å². The summed E-state index contributed by atoms with van der Waals surface area (Å²) in [6.45, 7) is 4.57. The van der Waals surface area contributed by atoms with Gasteiger partial charge in [-0.15, -0.1) is 0 Å². The lowest BCUT2D eigenvalue weighted by atomic mass is 9.86. The fourth-order valence-corrected chi connectivity index (χ4v) is 5.45. The molecule has 1 N–H and O–H groups in total. The second-order valence-electron chi connectivity index (χ2n) is 10.3. The Morgan fingerprint density at radius 3 is 2.43 bits per heavy atom. The maximum Gasteiger partial charge on any atom is 0.271 e. The van der Waals surface area contributed by atoms with Crippen molar-refractivity contribution in [2.45, 2.75) is 64.2 Å². The second kappa shape index (κ2) is 9.33. The van der Waals surface area contributed by atoms with Gasteiger partial charge in [-0.3, -0.25) is 9.59 Å². The summed E-state index contributed by atoms with van der Waals surface area (Å²) in [4.78, 5) is 29.3. The van der Waals surface area contributed by atoms with Gasteiger partial charge in [0.2, 0.25) is 5.91 Å². The highest BCUT2D eigenvalue weighted by Gasteiger charge is 2.48. The highest BCUT2D eigenvalue weighted by molar-refractivity contribution is 6.00. The van der Waals surface area contributed by atoms with E-state index in [-0.39, 0.29) is 30.2 Å². The number of carbonyl (C=O) groups is 2. The molecular formula is C29H32FN3O2. The molecule has 1 aliphatic carbocycles. The van der Waals surface area contributed by atoms with Gasteiger partial charge in [0.25, 0.3) is 5.91 Å². The molecule has 0 radical (unpaired) electrons. The highest BCUT2D eigenvalue weighted by atomic mass is 19.1. The van der Waals surface area contributed by atoms with Crippen LogP contribution in [0.3, 0.4) is 0 Å². The van der Waals surface area contributed by atoms with Crippen molar-refractivity contribution in [3.63, 3.8) is 0 Å². The molecule has 2 aliphatic rings. The summed E-state index contributed by atoms with van der Waals surface area (Å²) in [5.41, 5.74) is 1.98. The van der Waals surface area contributed by atoms with Gasteiger partial charge in [0.15, 0.2) is 0 Å². The Morgan fingerprint density at radius 2 is 1.71 bits per heavy atom. The molecule has 1 saturated carbocycles. The summed E-state index contributed by atoms with van der Waals surface area (Å²) < 4.78 is 15.9. The molecule has 182 valence electrons. The monoisotopic (exact) mass is 473 g/mol. The molecule has 5 nitrogen and oxygen atoms in total. The summed E-state index contributed by atoms with van der Waals surface area (Å²) in [5.74, 6) is -0.0581. The lowest BCUT2D eigenvalue weighted by molar-refractivity contribution is -0.134. The molecule has 6 heteroatoms. The Labute approximate surface area is 205 Å². The van der Waals surface area contributed by atoms with Crippen molar-refractivity contribution >= 4 is 11.8 Å². The van der Waals surface area contributed by atoms with E-state index in [1.165, 1.54) is 12.1 Å². The molecule has 1 fully saturated rings. The molecule has 1 aromatic heterocycles. The standard InChI is InChI=1S/C29H32FN3O2/c1-20-11-13-24(14-12-20)31-28(35)29(2)19-32-25(22-8-4-3-5-9-22)15-16-26(32)27(34)33(29)18-21-7-6-10-23(30)17-21/h3-10,15-17,20,24H,11-14,18-19H2,1-2H3,(H,31,35)/t20?,24?,29-/m1/s1. The number of amides is 2. The quantitative estimate of drug-likeness (QED) is 0.539. The van der Waals surface area contributed by atoms with Gasteiger partial charge in [0, 0.05) is 18.3 Å². The van der Waals surface area contributed by atoms with Crippen molar-refractivity contribution in [1.82, 2.24) is 14.8 Å². The largest absolute Gasteiger partial charge is 0.351 e. The Bertz CT molecular complexity index is 1230. The molecule has 3 aromatic rings. The van der Waals surface area contributed by atoms with Gasteiger partial charge in [-0.1, -0.05) is 49.4 Å². The Hall–Kier alpha value is -3.41. The van der Waals surface area contributed by atoms with Crippen molar-refractivity contribution < 1.29 is 14.0 Å². The Kier molecular flexibility index (Phi) is 6.22. The number of nitrogens with one attached hydrogen (secondary N) is 1. The van der Waals surface area contributed by atoms with Crippen molar-refractivity contribution in [1.29, 1.82) is 0 Å². The zero-order valence-corrected chi connectivity index (χ0v) is 20.3. The maximum atomic E-state index is 14.0. The highest BCUT2D eigenvalue weighted by Crippen LogP contribution is 2.35. The second-order valence-corrected chi connectivity index (χ2v) is 10.3. The lowest BCUT2D eigenvalue weighted by Crippen LogP contribution is -2.64. The molecule has 0 bridgehead atoms. The van der Waals surface area contributed by atoms with E-state index < -0.39 is 5.54 Å². The lowest BCUT2D eigenvalue weighted by Gasteiger charge is -2.45. The molecule has 5 rings (SSSR count). The number of fused-ring (bicyclic) bond motifs is 1. The first kappa shape index (κ1) is 23.3. The molecule has 1 aliphatic heterocycles. The molecule has 2 aromatic carbocycles. The van der Waals surface area contributed by atoms with Crippen LogP contribution < -0.4 is 5.32 Å². The summed E-state index contributed by atoms with van der Waals surface area (Å²) in [6, 6.07) is 20.0. The number of carbonyl (C=O) groups excluding carboxylic acids is 2. The predicted octanol–water partition coefficient (Wildman–Crippen LogP) is 5.40. The predicted molar refractivity (Wildman–Crippen MR) is 134 cm³/mol. The van der Waals surface area contributed by atoms with Gasteiger partial charge >= 0.3 is 0 Å². The van der Waals surface area contributed by atoms with Crippen LogP contribution in [-0.2, 0) is 17.9 Å². The van der Waals surface area contributed by atoms with Crippen LogP contribution in [0.2, 0.25) is 0 Å². The summed E-state index contributed by atoms with van der Waals surface area (Å²) in [7, 11) is 0. The van der Waals surface area contributed by atoms with Gasteiger partial charge < -0.3 is 14.8 Å². The van der Waals surface area contributed by atoms with Gasteiger partial charge in [-0.2, -0.15) is 0 Å². The maximum absolute atomic E-state index is 14.0. The average molecular weight is 474 g/mol. The third-order valence-electron chi connectivity index (χ3n) is 7.65. The minimum absolute atomic E-state index is 0.112.